The Bertz CT molecular complexity index is 810. The Morgan fingerprint density at radius 3 is 2.81 bits per heavy atom. The number of ether oxygens (including phenoxy) is 1. The Morgan fingerprint density at radius 2 is 2.08 bits per heavy atom. The van der Waals surface area contributed by atoms with Crippen molar-refractivity contribution >= 4 is 33.9 Å². The normalized spacial score (nSPS) is 11.3. The van der Waals surface area contributed by atoms with Crippen LogP contribution in [0.2, 0.25) is 0 Å². The molecule has 1 heterocycles. The first-order chi connectivity index (χ1) is 12.6. The van der Waals surface area contributed by atoms with Crippen molar-refractivity contribution in [2.24, 2.45) is 0 Å². The van der Waals surface area contributed by atoms with E-state index in [9.17, 15) is 9.59 Å². The third-order valence-corrected chi connectivity index (χ3v) is 4.50. The predicted octanol–water partition coefficient (Wildman–Crippen LogP) is 4.02. The van der Waals surface area contributed by atoms with Gasteiger partial charge in [-0.1, -0.05) is 25.5 Å². The van der Waals surface area contributed by atoms with Crippen LogP contribution in [0.5, 0.6) is 0 Å². The number of hydrogen-bond donors (Lipinski definition) is 2. The van der Waals surface area contributed by atoms with Gasteiger partial charge in [-0.2, -0.15) is 5.26 Å². The number of rotatable bonds is 8. The summed E-state index contributed by atoms with van der Waals surface area (Å²) in [5, 5.41) is 17.0. The summed E-state index contributed by atoms with van der Waals surface area (Å²) in [6.07, 6.45) is 1.05. The SMILES string of the molecule is CCCCNc1ccccc1C(=O)O[C@@H](C)C(=O)Nc1sccc1C#N. The molecular formula is C19H21N3O3S. The number of thiophene rings is 1. The monoisotopic (exact) mass is 371 g/mol. The van der Waals surface area contributed by atoms with Crippen LogP contribution in [0, 0.1) is 11.3 Å². The molecule has 0 spiro atoms. The van der Waals surface area contributed by atoms with Crippen LogP contribution in [0.1, 0.15) is 42.6 Å². The molecule has 1 amide bonds. The Morgan fingerprint density at radius 1 is 1.31 bits per heavy atom. The van der Waals surface area contributed by atoms with Gasteiger partial charge in [-0.15, -0.1) is 11.3 Å². The maximum atomic E-state index is 12.4. The fourth-order valence-corrected chi connectivity index (χ4v) is 2.94. The lowest BCUT2D eigenvalue weighted by Gasteiger charge is -2.15. The number of hydrogen-bond acceptors (Lipinski definition) is 6. The lowest BCUT2D eigenvalue weighted by atomic mass is 10.1. The first-order valence-corrected chi connectivity index (χ1v) is 9.27. The lowest BCUT2D eigenvalue weighted by molar-refractivity contribution is -0.123. The van der Waals surface area contributed by atoms with E-state index in [4.69, 9.17) is 10.00 Å². The molecule has 26 heavy (non-hydrogen) atoms. The van der Waals surface area contributed by atoms with Crippen molar-refractivity contribution in [3.63, 3.8) is 0 Å². The van der Waals surface area contributed by atoms with Gasteiger partial charge in [0.2, 0.25) is 0 Å². The molecule has 2 aromatic rings. The third kappa shape index (κ3) is 5.07. The van der Waals surface area contributed by atoms with Gasteiger partial charge >= 0.3 is 5.97 Å². The molecule has 7 heteroatoms. The average Bonchev–Trinajstić information content (AvgIpc) is 3.09. The van der Waals surface area contributed by atoms with Gasteiger partial charge in [0.25, 0.3) is 5.91 Å². The highest BCUT2D eigenvalue weighted by atomic mass is 32.1. The second-order valence-electron chi connectivity index (χ2n) is 5.64. The molecule has 0 aliphatic rings. The van der Waals surface area contributed by atoms with Gasteiger partial charge in [-0.05, 0) is 36.9 Å². The largest absolute Gasteiger partial charge is 0.449 e. The summed E-state index contributed by atoms with van der Waals surface area (Å²) in [5.74, 6) is -1.05. The van der Waals surface area contributed by atoms with Gasteiger partial charge in [0, 0.05) is 12.2 Å². The molecule has 2 rings (SSSR count). The van der Waals surface area contributed by atoms with E-state index in [0.717, 1.165) is 19.4 Å². The molecule has 0 saturated heterocycles. The lowest BCUT2D eigenvalue weighted by Crippen LogP contribution is -2.30. The Balaban J connectivity index is 2.00. The van der Waals surface area contributed by atoms with Crippen LogP contribution in [0.3, 0.4) is 0 Å². The summed E-state index contributed by atoms with van der Waals surface area (Å²) in [5.41, 5.74) is 1.45. The molecule has 1 aromatic heterocycles. The number of carbonyl (C=O) groups excluding carboxylic acids is 2. The second kappa shape index (κ2) is 9.59. The Labute approximate surface area is 156 Å². The van der Waals surface area contributed by atoms with Crippen LogP contribution in [-0.4, -0.2) is 24.5 Å². The Hall–Kier alpha value is -2.85. The van der Waals surface area contributed by atoms with E-state index in [0.29, 0.717) is 21.8 Å². The Kier molecular flexibility index (Phi) is 7.18. The van der Waals surface area contributed by atoms with Crippen LogP contribution >= 0.6 is 11.3 Å². The molecule has 1 atom stereocenters. The highest BCUT2D eigenvalue weighted by Crippen LogP contribution is 2.23. The number of benzene rings is 1. The molecule has 0 fully saturated rings. The molecule has 2 N–H and O–H groups in total. The van der Waals surface area contributed by atoms with Gasteiger partial charge in [0.1, 0.15) is 11.1 Å². The first-order valence-electron chi connectivity index (χ1n) is 8.39. The van der Waals surface area contributed by atoms with E-state index in [2.05, 4.69) is 17.6 Å². The first kappa shape index (κ1) is 19.5. The summed E-state index contributed by atoms with van der Waals surface area (Å²) in [4.78, 5) is 24.7. The summed E-state index contributed by atoms with van der Waals surface area (Å²) in [6, 6.07) is 10.7. The van der Waals surface area contributed by atoms with E-state index in [1.807, 2.05) is 18.2 Å². The van der Waals surface area contributed by atoms with Gasteiger partial charge in [-0.25, -0.2) is 4.79 Å². The smallest absolute Gasteiger partial charge is 0.341 e. The molecule has 0 radical (unpaired) electrons. The average molecular weight is 371 g/mol. The molecule has 0 aliphatic heterocycles. The van der Waals surface area contributed by atoms with Crippen LogP contribution in [0.15, 0.2) is 35.7 Å². The van der Waals surface area contributed by atoms with Crippen molar-refractivity contribution in [3.05, 3.63) is 46.8 Å². The fraction of sp³-hybridized carbons (Fsp3) is 0.316. The predicted molar refractivity (Wildman–Crippen MR) is 102 cm³/mol. The number of para-hydroxylation sites is 1. The second-order valence-corrected chi connectivity index (χ2v) is 6.55. The minimum absolute atomic E-state index is 0.382. The molecule has 0 aliphatic carbocycles. The van der Waals surface area contributed by atoms with Crippen molar-refractivity contribution in [2.45, 2.75) is 32.8 Å². The molecule has 1 aromatic carbocycles. The van der Waals surface area contributed by atoms with Crippen LogP contribution in [0.4, 0.5) is 10.7 Å². The number of carbonyl (C=O) groups is 2. The van der Waals surface area contributed by atoms with Crippen molar-refractivity contribution in [2.75, 3.05) is 17.2 Å². The minimum atomic E-state index is -0.986. The van der Waals surface area contributed by atoms with Crippen molar-refractivity contribution in [1.82, 2.24) is 0 Å². The molecule has 0 saturated carbocycles. The van der Waals surface area contributed by atoms with Gasteiger partial charge in [0.15, 0.2) is 6.10 Å². The number of esters is 1. The zero-order valence-electron chi connectivity index (χ0n) is 14.7. The van der Waals surface area contributed by atoms with E-state index in [1.54, 1.807) is 23.6 Å². The third-order valence-electron chi connectivity index (χ3n) is 3.67. The highest BCUT2D eigenvalue weighted by molar-refractivity contribution is 7.14. The van der Waals surface area contributed by atoms with Crippen molar-refractivity contribution in [3.8, 4) is 6.07 Å². The zero-order valence-corrected chi connectivity index (χ0v) is 15.6. The van der Waals surface area contributed by atoms with Crippen molar-refractivity contribution in [1.29, 1.82) is 5.26 Å². The maximum absolute atomic E-state index is 12.4. The number of nitriles is 1. The molecule has 136 valence electrons. The molecule has 0 unspecified atom stereocenters. The topological polar surface area (TPSA) is 91.2 Å². The standard InChI is InChI=1S/C19H21N3O3S/c1-3-4-10-21-16-8-6-5-7-15(16)19(24)25-13(2)17(23)22-18-14(12-20)9-11-26-18/h5-9,11,13,21H,3-4,10H2,1-2H3,(H,22,23)/t13-/m0/s1. The van der Waals surface area contributed by atoms with Gasteiger partial charge < -0.3 is 15.4 Å². The zero-order chi connectivity index (χ0) is 18.9. The molecule has 6 nitrogen and oxygen atoms in total. The number of amides is 1. The van der Waals surface area contributed by atoms with E-state index >= 15 is 0 Å². The van der Waals surface area contributed by atoms with Gasteiger partial charge in [0.05, 0.1) is 11.1 Å². The summed E-state index contributed by atoms with van der Waals surface area (Å²) >= 11 is 1.24. The fourth-order valence-electron chi connectivity index (χ4n) is 2.20. The molecular weight excluding hydrogens is 350 g/mol. The van der Waals surface area contributed by atoms with Crippen molar-refractivity contribution < 1.29 is 14.3 Å². The number of nitrogens with one attached hydrogen (secondary N) is 2. The summed E-state index contributed by atoms with van der Waals surface area (Å²) in [7, 11) is 0. The van der Waals surface area contributed by atoms with Crippen LogP contribution < -0.4 is 10.6 Å². The molecule has 0 bridgehead atoms. The summed E-state index contributed by atoms with van der Waals surface area (Å²) in [6.45, 7) is 4.35. The number of nitrogens with zero attached hydrogens (tertiary/aromatic N) is 1. The van der Waals surface area contributed by atoms with E-state index < -0.39 is 18.0 Å². The van der Waals surface area contributed by atoms with Crippen LogP contribution in [-0.2, 0) is 9.53 Å². The van der Waals surface area contributed by atoms with E-state index in [1.165, 1.54) is 18.3 Å². The summed E-state index contributed by atoms with van der Waals surface area (Å²) < 4.78 is 5.30. The van der Waals surface area contributed by atoms with Crippen LogP contribution in [0.25, 0.3) is 0 Å². The maximum Gasteiger partial charge on any atom is 0.341 e. The minimum Gasteiger partial charge on any atom is -0.449 e. The number of anilines is 2. The number of unbranched alkanes of at least 4 members (excludes halogenated alkanes) is 1. The quantitative estimate of drug-likeness (QED) is 0.540. The van der Waals surface area contributed by atoms with Gasteiger partial charge in [-0.3, -0.25) is 4.79 Å². The van der Waals surface area contributed by atoms with E-state index in [-0.39, 0.29) is 0 Å². The highest BCUT2D eigenvalue weighted by Gasteiger charge is 2.21.